The molecule has 16 heavy (non-hydrogen) atoms. The van der Waals surface area contributed by atoms with E-state index in [0.717, 1.165) is 0 Å². The summed E-state index contributed by atoms with van der Waals surface area (Å²) in [5.41, 5.74) is 5.49. The zero-order valence-electron chi connectivity index (χ0n) is 8.08. The molecule has 0 radical (unpaired) electrons. The van der Waals surface area contributed by atoms with Gasteiger partial charge in [-0.3, -0.25) is 4.79 Å². The van der Waals surface area contributed by atoms with Crippen LogP contribution in [-0.2, 0) is 4.79 Å². The Bertz CT molecular complexity index is 423. The van der Waals surface area contributed by atoms with Crippen molar-refractivity contribution in [3.05, 3.63) is 16.5 Å². The maximum atomic E-state index is 11.4. The fourth-order valence-electron chi connectivity index (χ4n) is 0.893. The number of hydrogen-bond donors (Lipinski definition) is 2. The number of amides is 1. The van der Waals surface area contributed by atoms with Gasteiger partial charge in [0.1, 0.15) is 11.0 Å². The van der Waals surface area contributed by atoms with Crippen LogP contribution in [0.4, 0.5) is 5.82 Å². The molecule has 0 bridgehead atoms. The van der Waals surface area contributed by atoms with Gasteiger partial charge in [0, 0.05) is 12.5 Å². The Labute approximate surface area is 102 Å². The molecule has 1 amide bonds. The second-order valence-electron chi connectivity index (χ2n) is 2.85. The van der Waals surface area contributed by atoms with E-state index < -0.39 is 11.9 Å². The van der Waals surface area contributed by atoms with Crippen LogP contribution in [0.2, 0.25) is 10.4 Å². The van der Waals surface area contributed by atoms with Crippen molar-refractivity contribution < 1.29 is 4.79 Å². The topological polar surface area (TPSA) is 80.9 Å². The fraction of sp³-hybridized carbons (Fsp3) is 0.222. The second-order valence-corrected chi connectivity index (χ2v) is 3.57. The van der Waals surface area contributed by atoms with Gasteiger partial charge in [-0.05, 0) is 11.6 Å². The number of terminal acetylenes is 1. The van der Waals surface area contributed by atoms with Gasteiger partial charge in [0.15, 0.2) is 0 Å². The molecule has 3 N–H and O–H groups in total. The zero-order valence-corrected chi connectivity index (χ0v) is 9.59. The molecule has 0 aliphatic carbocycles. The summed E-state index contributed by atoms with van der Waals surface area (Å²) in [5.74, 6) is 2.01. The largest absolute Gasteiger partial charge is 0.319 e. The Morgan fingerprint density at radius 1 is 1.62 bits per heavy atom. The molecule has 1 atom stereocenters. The van der Waals surface area contributed by atoms with Crippen LogP contribution in [0.1, 0.15) is 6.42 Å². The van der Waals surface area contributed by atoms with Crippen LogP contribution < -0.4 is 11.1 Å². The van der Waals surface area contributed by atoms with E-state index >= 15 is 0 Å². The van der Waals surface area contributed by atoms with Gasteiger partial charge >= 0.3 is 0 Å². The lowest BCUT2D eigenvalue weighted by Gasteiger charge is -2.08. The lowest BCUT2D eigenvalue weighted by molar-refractivity contribution is -0.117. The minimum Gasteiger partial charge on any atom is -0.319 e. The molecule has 0 saturated carbocycles. The van der Waals surface area contributed by atoms with E-state index in [2.05, 4.69) is 21.2 Å². The highest BCUT2D eigenvalue weighted by Gasteiger charge is 2.13. The highest BCUT2D eigenvalue weighted by Crippen LogP contribution is 2.14. The van der Waals surface area contributed by atoms with Gasteiger partial charge in [0.2, 0.25) is 11.2 Å². The lowest BCUT2D eigenvalue weighted by atomic mass is 10.2. The van der Waals surface area contributed by atoms with E-state index in [-0.39, 0.29) is 22.7 Å². The van der Waals surface area contributed by atoms with E-state index in [1.54, 1.807) is 0 Å². The minimum absolute atomic E-state index is 0.0617. The summed E-state index contributed by atoms with van der Waals surface area (Å²) in [5, 5.41) is 2.49. The number of nitrogens with one attached hydrogen (secondary N) is 1. The van der Waals surface area contributed by atoms with Crippen molar-refractivity contribution in [1.82, 2.24) is 9.97 Å². The summed E-state index contributed by atoms with van der Waals surface area (Å²) in [4.78, 5) is 18.8. The quantitative estimate of drug-likeness (QED) is 0.483. The Balaban J connectivity index is 2.73. The lowest BCUT2D eigenvalue weighted by Crippen LogP contribution is -2.35. The average molecular weight is 259 g/mol. The molecule has 5 nitrogen and oxygen atoms in total. The van der Waals surface area contributed by atoms with Crippen molar-refractivity contribution in [2.75, 3.05) is 5.32 Å². The predicted octanol–water partition coefficient (Wildman–Crippen LogP) is 1.07. The molecule has 1 rings (SSSR count). The summed E-state index contributed by atoms with van der Waals surface area (Å²) in [6.07, 6.45) is 5.17. The average Bonchev–Trinajstić information content (AvgIpc) is 2.16. The Morgan fingerprint density at radius 3 is 2.88 bits per heavy atom. The van der Waals surface area contributed by atoms with Crippen LogP contribution in [-0.4, -0.2) is 21.9 Å². The third-order valence-electron chi connectivity index (χ3n) is 1.59. The Hall–Kier alpha value is -1.35. The second kappa shape index (κ2) is 5.66. The normalized spacial score (nSPS) is 11.6. The molecular weight excluding hydrogens is 251 g/mol. The fourth-order valence-corrected chi connectivity index (χ4v) is 1.30. The summed E-state index contributed by atoms with van der Waals surface area (Å²) >= 11 is 11.2. The van der Waals surface area contributed by atoms with Crippen LogP contribution in [0.3, 0.4) is 0 Å². The molecular formula is C9H8Cl2N4O. The Morgan fingerprint density at radius 2 is 2.31 bits per heavy atom. The molecule has 0 spiro atoms. The molecule has 0 saturated heterocycles. The monoisotopic (exact) mass is 258 g/mol. The standard InChI is InChI=1S/C9H8Cl2N4O/c1-2-3-5(12)8(16)14-7-4-6(10)13-9(11)15-7/h1,4-5H,3,12H2,(H,13,14,15,16). The van der Waals surface area contributed by atoms with Crippen LogP contribution >= 0.6 is 23.2 Å². The maximum absolute atomic E-state index is 11.4. The first kappa shape index (κ1) is 12.7. The Kier molecular flexibility index (Phi) is 4.50. The van der Waals surface area contributed by atoms with Gasteiger partial charge in [-0.15, -0.1) is 12.3 Å². The molecule has 84 valence electrons. The number of aromatic nitrogens is 2. The van der Waals surface area contributed by atoms with Gasteiger partial charge in [-0.25, -0.2) is 9.97 Å². The van der Waals surface area contributed by atoms with Gasteiger partial charge < -0.3 is 11.1 Å². The molecule has 1 aromatic heterocycles. The first-order valence-corrected chi connectivity index (χ1v) is 4.98. The van der Waals surface area contributed by atoms with Gasteiger partial charge in [0.05, 0.1) is 6.04 Å². The molecule has 0 fully saturated rings. The molecule has 1 unspecified atom stereocenters. The smallest absolute Gasteiger partial charge is 0.243 e. The summed E-state index contributed by atoms with van der Waals surface area (Å²) in [7, 11) is 0. The first-order valence-electron chi connectivity index (χ1n) is 4.23. The van der Waals surface area contributed by atoms with Crippen LogP contribution in [0.5, 0.6) is 0 Å². The number of hydrogen-bond acceptors (Lipinski definition) is 4. The van der Waals surface area contributed by atoms with Crippen molar-refractivity contribution in [3.8, 4) is 12.3 Å². The molecule has 0 aliphatic rings. The molecule has 0 aliphatic heterocycles. The molecule has 7 heteroatoms. The summed E-state index contributed by atoms with van der Waals surface area (Å²) in [6.45, 7) is 0. The molecule has 1 aromatic rings. The third kappa shape index (κ3) is 3.66. The number of carbonyl (C=O) groups is 1. The highest BCUT2D eigenvalue weighted by atomic mass is 35.5. The molecule has 0 aromatic carbocycles. The predicted molar refractivity (Wildman–Crippen MR) is 62.1 cm³/mol. The minimum atomic E-state index is -0.794. The van der Waals surface area contributed by atoms with E-state index in [9.17, 15) is 4.79 Å². The van der Waals surface area contributed by atoms with Crippen molar-refractivity contribution in [2.45, 2.75) is 12.5 Å². The number of halogens is 2. The summed E-state index contributed by atoms with van der Waals surface area (Å²) in [6, 6.07) is 0.561. The van der Waals surface area contributed by atoms with Gasteiger partial charge in [-0.1, -0.05) is 11.6 Å². The van der Waals surface area contributed by atoms with Crippen LogP contribution in [0.25, 0.3) is 0 Å². The van der Waals surface area contributed by atoms with E-state index in [1.165, 1.54) is 6.07 Å². The number of carbonyl (C=O) groups excluding carboxylic acids is 1. The van der Waals surface area contributed by atoms with Crippen molar-refractivity contribution in [3.63, 3.8) is 0 Å². The first-order chi connectivity index (χ1) is 7.52. The van der Waals surface area contributed by atoms with Gasteiger partial charge in [-0.2, -0.15) is 0 Å². The number of nitrogens with two attached hydrogens (primary N) is 1. The van der Waals surface area contributed by atoms with E-state index in [1.807, 2.05) is 0 Å². The van der Waals surface area contributed by atoms with Gasteiger partial charge in [0.25, 0.3) is 0 Å². The third-order valence-corrected chi connectivity index (χ3v) is 1.96. The van der Waals surface area contributed by atoms with Crippen molar-refractivity contribution in [1.29, 1.82) is 0 Å². The molecule has 1 heterocycles. The SMILES string of the molecule is C#CCC(N)C(=O)Nc1cc(Cl)nc(Cl)n1. The number of nitrogens with zero attached hydrogens (tertiary/aromatic N) is 2. The van der Waals surface area contributed by atoms with Crippen LogP contribution in [0, 0.1) is 12.3 Å². The maximum Gasteiger partial charge on any atom is 0.243 e. The number of rotatable bonds is 3. The van der Waals surface area contributed by atoms with Crippen molar-refractivity contribution >= 4 is 34.9 Å². The zero-order chi connectivity index (χ0) is 12.1. The van der Waals surface area contributed by atoms with Crippen LogP contribution in [0.15, 0.2) is 6.07 Å². The summed E-state index contributed by atoms with van der Waals surface area (Å²) < 4.78 is 0. The van der Waals surface area contributed by atoms with E-state index in [0.29, 0.717) is 0 Å². The van der Waals surface area contributed by atoms with E-state index in [4.69, 9.17) is 35.4 Å². The number of anilines is 1. The van der Waals surface area contributed by atoms with Crippen molar-refractivity contribution in [2.24, 2.45) is 5.73 Å². The highest BCUT2D eigenvalue weighted by molar-refractivity contribution is 6.32.